The van der Waals surface area contributed by atoms with Gasteiger partial charge in [-0.05, 0) is 72.8 Å². The maximum atomic E-state index is 6.32. The lowest BCUT2D eigenvalue weighted by atomic mass is 10.1. The summed E-state index contributed by atoms with van der Waals surface area (Å²) in [7, 11) is 0. The van der Waals surface area contributed by atoms with Gasteiger partial charge in [0.1, 0.15) is 0 Å². The van der Waals surface area contributed by atoms with Gasteiger partial charge in [0.05, 0.1) is 34.1 Å². The van der Waals surface area contributed by atoms with E-state index in [2.05, 4.69) is 0 Å². The van der Waals surface area contributed by atoms with Gasteiger partial charge in [0.15, 0.2) is 34.5 Å². The first-order valence-electron chi connectivity index (χ1n) is 17.6. The summed E-state index contributed by atoms with van der Waals surface area (Å²) in [5.74, 6) is 5.87. The molecule has 0 aliphatic carbocycles. The van der Waals surface area contributed by atoms with Crippen molar-refractivity contribution < 1.29 is 14.2 Å². The molecule has 0 N–H and O–H groups in total. The molecule has 260 valence electrons. The highest BCUT2D eigenvalue weighted by molar-refractivity contribution is 6.34. The number of guanidine groups is 6. The van der Waals surface area contributed by atoms with Gasteiger partial charge in [-0.2, -0.15) is 30.0 Å². The molecule has 6 aliphatic heterocycles. The van der Waals surface area contributed by atoms with Crippen molar-refractivity contribution in [2.45, 2.75) is 0 Å². The fourth-order valence-corrected chi connectivity index (χ4v) is 7.32. The highest BCUT2D eigenvalue weighted by Crippen LogP contribution is 2.50. The predicted molar refractivity (Wildman–Crippen MR) is 212 cm³/mol. The number of para-hydroxylation sites is 12. The average Bonchev–Trinajstić information content (AvgIpc) is 3.23. The summed E-state index contributed by atoms with van der Waals surface area (Å²) in [6.45, 7) is 0. The van der Waals surface area contributed by atoms with E-state index < -0.39 is 0 Å². The van der Waals surface area contributed by atoms with Crippen molar-refractivity contribution in [3.8, 4) is 34.5 Å². The van der Waals surface area contributed by atoms with Crippen LogP contribution in [0.5, 0.6) is 34.5 Å². The van der Waals surface area contributed by atoms with Crippen molar-refractivity contribution in [1.29, 1.82) is 0 Å². The fourth-order valence-electron chi connectivity index (χ4n) is 7.32. The molecule has 0 bridgehead atoms. The van der Waals surface area contributed by atoms with Crippen LogP contribution >= 0.6 is 0 Å². The SMILES string of the molecule is c1ccc2c(c1)Oc1ccccc1N2C1=NC2=NC(N3c4ccccc4Oc4ccccc43)=NC3=NC(N4c5ccccc5Oc5ccccc54)=NC(=N1)N23. The first-order chi connectivity index (χ1) is 27.2. The number of hydrogen-bond acceptors (Lipinski definition) is 13. The van der Waals surface area contributed by atoms with Gasteiger partial charge in [-0.15, -0.1) is 0 Å². The van der Waals surface area contributed by atoms with E-state index in [0.717, 1.165) is 34.1 Å². The molecular weight excluding hydrogens is 693 g/mol. The van der Waals surface area contributed by atoms with Gasteiger partial charge >= 0.3 is 0 Å². The summed E-state index contributed by atoms with van der Waals surface area (Å²) in [4.78, 5) is 38.3. The third-order valence-electron chi connectivity index (χ3n) is 9.70. The zero-order valence-corrected chi connectivity index (χ0v) is 28.6. The normalized spacial score (nSPS) is 16.6. The van der Waals surface area contributed by atoms with Crippen LogP contribution in [0.2, 0.25) is 0 Å². The van der Waals surface area contributed by atoms with Crippen LogP contribution < -0.4 is 28.9 Å². The van der Waals surface area contributed by atoms with E-state index in [1.54, 1.807) is 4.90 Å². The molecular formula is C42H24N10O3. The van der Waals surface area contributed by atoms with Crippen molar-refractivity contribution in [3.05, 3.63) is 146 Å². The summed E-state index contributed by atoms with van der Waals surface area (Å²) in [6, 6.07) is 46.7. The second-order valence-electron chi connectivity index (χ2n) is 12.9. The van der Waals surface area contributed by atoms with E-state index in [-0.39, 0.29) is 17.9 Å². The molecule has 6 heterocycles. The molecule has 0 spiro atoms. The molecule has 55 heavy (non-hydrogen) atoms. The van der Waals surface area contributed by atoms with E-state index in [4.69, 9.17) is 44.2 Å². The summed E-state index contributed by atoms with van der Waals surface area (Å²) in [5.41, 5.74) is 4.61. The van der Waals surface area contributed by atoms with Crippen LogP contribution in [-0.4, -0.2) is 40.7 Å². The molecule has 6 aliphatic rings. The van der Waals surface area contributed by atoms with E-state index in [9.17, 15) is 0 Å². The molecule has 0 aromatic heterocycles. The molecule has 6 aromatic carbocycles. The minimum atomic E-state index is 0.289. The van der Waals surface area contributed by atoms with Gasteiger partial charge in [-0.1, -0.05) is 72.8 Å². The van der Waals surface area contributed by atoms with Crippen molar-refractivity contribution in [1.82, 2.24) is 4.90 Å². The van der Waals surface area contributed by atoms with E-state index in [1.807, 2.05) is 160 Å². The number of fused-ring (bicyclic) bond motifs is 6. The van der Waals surface area contributed by atoms with Crippen LogP contribution in [-0.2, 0) is 0 Å². The molecule has 13 nitrogen and oxygen atoms in total. The smallest absolute Gasteiger partial charge is 0.246 e. The second kappa shape index (κ2) is 11.2. The maximum absolute atomic E-state index is 6.32. The number of rotatable bonds is 0. The maximum Gasteiger partial charge on any atom is 0.246 e. The minimum absolute atomic E-state index is 0.289. The molecule has 0 atom stereocenters. The van der Waals surface area contributed by atoms with Gasteiger partial charge in [0, 0.05) is 0 Å². The van der Waals surface area contributed by atoms with E-state index in [0.29, 0.717) is 52.4 Å². The van der Waals surface area contributed by atoms with Crippen LogP contribution in [0.4, 0.5) is 34.1 Å². The van der Waals surface area contributed by atoms with Gasteiger partial charge in [-0.25, -0.2) is 4.90 Å². The number of benzene rings is 6. The summed E-state index contributed by atoms with van der Waals surface area (Å²) in [5, 5.41) is 0. The van der Waals surface area contributed by atoms with Crippen LogP contribution in [0.3, 0.4) is 0 Å². The largest absolute Gasteiger partial charge is 0.453 e. The third kappa shape index (κ3) is 4.40. The van der Waals surface area contributed by atoms with Crippen LogP contribution in [0.1, 0.15) is 0 Å². The number of anilines is 6. The Balaban J connectivity index is 1.10. The molecule has 0 unspecified atom stereocenters. The Labute approximate surface area is 313 Å². The quantitative estimate of drug-likeness (QED) is 0.154. The Hall–Kier alpha value is -8.06. The zero-order valence-electron chi connectivity index (χ0n) is 28.6. The third-order valence-corrected chi connectivity index (χ3v) is 9.70. The number of ether oxygens (including phenoxy) is 3. The van der Waals surface area contributed by atoms with Crippen LogP contribution in [0.15, 0.2) is 176 Å². The topological polar surface area (TPSA) is 115 Å². The fraction of sp³-hybridized carbons (Fsp3) is 0. The highest BCUT2D eigenvalue weighted by Gasteiger charge is 2.42. The van der Waals surface area contributed by atoms with Gasteiger partial charge in [0.2, 0.25) is 35.8 Å². The summed E-state index contributed by atoms with van der Waals surface area (Å²) < 4.78 is 19.0. The number of hydrogen-bond donors (Lipinski definition) is 0. The molecule has 13 heteroatoms. The monoisotopic (exact) mass is 716 g/mol. The molecule has 0 radical (unpaired) electrons. The first kappa shape index (κ1) is 29.5. The Morgan fingerprint density at radius 1 is 0.236 bits per heavy atom. The Morgan fingerprint density at radius 3 is 0.636 bits per heavy atom. The molecule has 0 saturated carbocycles. The Bertz CT molecular complexity index is 2420. The molecule has 6 aromatic rings. The van der Waals surface area contributed by atoms with Gasteiger partial charge in [0.25, 0.3) is 0 Å². The molecule has 0 saturated heterocycles. The van der Waals surface area contributed by atoms with Crippen molar-refractivity contribution in [2.24, 2.45) is 30.0 Å². The van der Waals surface area contributed by atoms with E-state index in [1.165, 1.54) is 0 Å². The standard InChI is InChI=1S/C42H24N10O3/c1-7-19-31-25(13-1)49(26-14-2-8-20-32(26)53-31)37-43-40-45-38(50-27-15-3-9-21-33(27)54-34-22-10-4-16-28(34)50)47-42-48-39(46-41(44-37)52(40)42)51-29-17-5-11-23-35(29)55-36-24-12-6-18-30(36)51/h1-24H. The average molecular weight is 717 g/mol. The number of nitrogens with zero attached hydrogens (tertiary/aromatic N) is 10. The first-order valence-corrected chi connectivity index (χ1v) is 17.6. The number of aliphatic imine (C=N–C) groups is 6. The second-order valence-corrected chi connectivity index (χ2v) is 12.9. The predicted octanol–water partition coefficient (Wildman–Crippen LogP) is 9.30. The summed E-state index contributed by atoms with van der Waals surface area (Å²) >= 11 is 0. The molecule has 12 rings (SSSR count). The Kier molecular flexibility index (Phi) is 6.02. The lowest BCUT2D eigenvalue weighted by Crippen LogP contribution is -2.52. The minimum Gasteiger partial charge on any atom is -0.453 e. The lowest BCUT2D eigenvalue weighted by Gasteiger charge is -2.38. The van der Waals surface area contributed by atoms with Crippen molar-refractivity contribution >= 4 is 69.9 Å². The highest BCUT2D eigenvalue weighted by atomic mass is 16.5. The van der Waals surface area contributed by atoms with Crippen molar-refractivity contribution in [3.63, 3.8) is 0 Å². The lowest BCUT2D eigenvalue weighted by molar-refractivity contribution is 0.477. The zero-order chi connectivity index (χ0) is 36.0. The molecule has 0 fully saturated rings. The van der Waals surface area contributed by atoms with Gasteiger partial charge in [-0.3, -0.25) is 14.7 Å². The van der Waals surface area contributed by atoms with Gasteiger partial charge < -0.3 is 14.2 Å². The summed E-state index contributed by atoms with van der Waals surface area (Å²) in [6.07, 6.45) is 0. The van der Waals surface area contributed by atoms with Crippen molar-refractivity contribution in [2.75, 3.05) is 14.7 Å². The molecule has 0 amide bonds. The van der Waals surface area contributed by atoms with E-state index >= 15 is 0 Å². The Morgan fingerprint density at radius 2 is 0.418 bits per heavy atom. The van der Waals surface area contributed by atoms with Crippen LogP contribution in [0, 0.1) is 0 Å². The van der Waals surface area contributed by atoms with Crippen LogP contribution in [0.25, 0.3) is 0 Å².